The third-order valence-electron chi connectivity index (χ3n) is 12.3. The summed E-state index contributed by atoms with van der Waals surface area (Å²) in [7, 11) is 0. The first-order valence-electron chi connectivity index (χ1n) is 22.1. The van der Waals surface area contributed by atoms with Gasteiger partial charge in [-0.2, -0.15) is 0 Å². The highest BCUT2D eigenvalue weighted by Crippen LogP contribution is 2.35. The van der Waals surface area contributed by atoms with E-state index < -0.39 is 53.8 Å². The first-order chi connectivity index (χ1) is 29.5. The van der Waals surface area contributed by atoms with E-state index in [-0.39, 0.29) is 68.4 Å². The lowest BCUT2D eigenvalue weighted by Crippen LogP contribution is -2.59. The van der Waals surface area contributed by atoms with Gasteiger partial charge < -0.3 is 43.0 Å². The van der Waals surface area contributed by atoms with E-state index in [1.54, 1.807) is 6.21 Å². The zero-order valence-electron chi connectivity index (χ0n) is 35.0. The van der Waals surface area contributed by atoms with Gasteiger partial charge in [0.05, 0.1) is 5.69 Å². The molecule has 2 aromatic rings. The van der Waals surface area contributed by atoms with Gasteiger partial charge in [-0.15, -0.1) is 0 Å². The second-order valence-corrected chi connectivity index (χ2v) is 16.8. The molecule has 61 heavy (non-hydrogen) atoms. The van der Waals surface area contributed by atoms with E-state index in [4.69, 9.17) is 11.5 Å². The molecule has 3 fully saturated rings. The van der Waals surface area contributed by atoms with Crippen molar-refractivity contribution in [1.82, 2.24) is 31.5 Å². The number of hydrogen-bond donors (Lipinski definition) is 7. The van der Waals surface area contributed by atoms with E-state index in [1.807, 2.05) is 54.6 Å². The highest BCUT2D eigenvalue weighted by molar-refractivity contribution is 5.97. The van der Waals surface area contributed by atoms with Gasteiger partial charge in [0.2, 0.25) is 35.4 Å². The number of guanidine groups is 1. The minimum absolute atomic E-state index is 0.0918. The highest BCUT2D eigenvalue weighted by Gasteiger charge is 2.40. The van der Waals surface area contributed by atoms with E-state index in [0.717, 1.165) is 48.9 Å². The fraction of sp³-hybridized carbons (Fsp3) is 0.556. The topological polar surface area (TPSA) is 243 Å². The van der Waals surface area contributed by atoms with Crippen LogP contribution in [-0.2, 0) is 35.2 Å². The number of carbonyl (C=O) groups excluding carboxylic acids is 6. The van der Waals surface area contributed by atoms with Crippen molar-refractivity contribution in [3.8, 4) is 0 Å². The van der Waals surface area contributed by atoms with Crippen molar-refractivity contribution in [3.63, 3.8) is 0 Å². The number of fused-ring (bicyclic) bond motifs is 2. The van der Waals surface area contributed by atoms with Gasteiger partial charge in [0.1, 0.15) is 30.2 Å². The molecule has 0 unspecified atom stereocenters. The van der Waals surface area contributed by atoms with E-state index in [9.17, 15) is 28.8 Å². The standard InChI is InChI=1S/C45H62N10O6/c46-45(47)49-24-9-18-34-40(57)48-23-10-19-35(51-39(56)22-21-29-12-3-1-4-13-29)44(61)55-25-11-20-38(55)43(60)54-36(26-30-14-5-2-6-15-30)41(58)53-37(42(59)52-34)27-31-28-50-33-17-8-7-16-32(31)33/h1,3-4,7-8,12-13,16-17,28,30-31,34-38H,2,5-6,9-11,14-15,18-27H2,(H,48,57)(H,51,56)(H,52,59)(H,53,58)(H,54,60)(H4,46,47,49)/t31-,34+,35+,36+,37+,38-/m1/s1. The Bertz CT molecular complexity index is 1910. The first-order valence-corrected chi connectivity index (χ1v) is 22.1. The molecule has 16 nitrogen and oxygen atoms in total. The zero-order chi connectivity index (χ0) is 43.1. The summed E-state index contributed by atoms with van der Waals surface area (Å²) in [5, 5.41) is 14.8. The molecule has 6 atom stereocenters. The van der Waals surface area contributed by atoms with Crippen LogP contribution in [0.2, 0.25) is 0 Å². The number of nitrogens with one attached hydrogen (secondary N) is 5. The van der Waals surface area contributed by atoms with Crippen LogP contribution in [-0.4, -0.2) is 102 Å². The van der Waals surface area contributed by atoms with E-state index in [1.165, 1.54) is 4.90 Å². The Morgan fingerprint density at radius 1 is 0.770 bits per heavy atom. The van der Waals surface area contributed by atoms with E-state index in [0.29, 0.717) is 45.1 Å². The second kappa shape index (κ2) is 22.2. The predicted octanol–water partition coefficient (Wildman–Crippen LogP) is 2.37. The first kappa shape index (κ1) is 44.7. The number of hydrogen-bond acceptors (Lipinski definition) is 8. The average molecular weight is 839 g/mol. The Morgan fingerprint density at radius 2 is 1.48 bits per heavy atom. The number of para-hydroxylation sites is 1. The molecular weight excluding hydrogens is 777 g/mol. The number of nitrogens with two attached hydrogens (primary N) is 2. The monoisotopic (exact) mass is 838 g/mol. The smallest absolute Gasteiger partial charge is 0.245 e. The Balaban J connectivity index is 1.28. The van der Waals surface area contributed by atoms with Crippen molar-refractivity contribution < 1.29 is 28.8 Å². The molecule has 0 radical (unpaired) electrons. The van der Waals surface area contributed by atoms with Crippen LogP contribution in [0.5, 0.6) is 0 Å². The van der Waals surface area contributed by atoms with Gasteiger partial charge in [0.15, 0.2) is 5.96 Å². The molecule has 1 aliphatic carbocycles. The summed E-state index contributed by atoms with van der Waals surface area (Å²) in [4.78, 5) is 94.9. The number of nitrogens with zero attached hydrogens (tertiary/aromatic N) is 3. The molecule has 9 N–H and O–H groups in total. The normalized spacial score (nSPS) is 25.5. The van der Waals surface area contributed by atoms with Gasteiger partial charge in [0, 0.05) is 38.2 Å². The van der Waals surface area contributed by atoms with Crippen molar-refractivity contribution in [2.24, 2.45) is 27.4 Å². The summed E-state index contributed by atoms with van der Waals surface area (Å²) >= 11 is 0. The zero-order valence-corrected chi connectivity index (χ0v) is 35.0. The Hall–Kier alpha value is -5.80. The van der Waals surface area contributed by atoms with Gasteiger partial charge in [-0.3, -0.25) is 38.8 Å². The van der Waals surface area contributed by atoms with Crippen LogP contribution in [0.3, 0.4) is 0 Å². The van der Waals surface area contributed by atoms with Crippen molar-refractivity contribution in [1.29, 1.82) is 0 Å². The molecule has 328 valence electrons. The average Bonchev–Trinajstić information content (AvgIpc) is 3.92. The lowest BCUT2D eigenvalue weighted by molar-refractivity contribution is -0.142. The van der Waals surface area contributed by atoms with Crippen LogP contribution in [0.1, 0.15) is 107 Å². The van der Waals surface area contributed by atoms with E-state index in [2.05, 4.69) is 36.6 Å². The molecule has 1 saturated carbocycles. The third-order valence-corrected chi connectivity index (χ3v) is 12.3. The number of aliphatic imine (C=N–C) groups is 2. The molecule has 0 aromatic heterocycles. The molecule has 2 aromatic carbocycles. The summed E-state index contributed by atoms with van der Waals surface area (Å²) in [5.74, 6) is -2.85. The summed E-state index contributed by atoms with van der Waals surface area (Å²) < 4.78 is 0. The highest BCUT2D eigenvalue weighted by atomic mass is 16.2. The lowest BCUT2D eigenvalue weighted by atomic mass is 9.84. The molecule has 4 aliphatic rings. The van der Waals surface area contributed by atoms with Crippen LogP contribution >= 0.6 is 0 Å². The fourth-order valence-electron chi connectivity index (χ4n) is 8.99. The van der Waals surface area contributed by atoms with Crippen LogP contribution in [0.15, 0.2) is 64.6 Å². The van der Waals surface area contributed by atoms with Gasteiger partial charge in [-0.1, -0.05) is 80.6 Å². The summed E-state index contributed by atoms with van der Waals surface area (Å²) in [6.07, 6.45) is 9.98. The molecule has 3 heterocycles. The van der Waals surface area contributed by atoms with Crippen LogP contribution < -0.4 is 38.1 Å². The SMILES string of the molecule is NC(N)=NCCC[C@@H]1NC(=O)[C@H](C[C@@H]2C=Nc3ccccc32)NC(=O)[C@H](CC2CCCCC2)NC(=O)[C@H]2CCCN2C(=O)[C@@H](NC(=O)CCc2ccccc2)CCCNC1=O. The molecule has 3 aliphatic heterocycles. The lowest BCUT2D eigenvalue weighted by Gasteiger charge is -2.32. The summed E-state index contributed by atoms with van der Waals surface area (Å²) in [6.45, 7) is 0.689. The second-order valence-electron chi connectivity index (χ2n) is 16.8. The van der Waals surface area contributed by atoms with Crippen molar-refractivity contribution >= 4 is 53.3 Å². The molecular formula is C45H62N10O6. The van der Waals surface area contributed by atoms with Gasteiger partial charge in [-0.05, 0) is 80.9 Å². The minimum Gasteiger partial charge on any atom is -0.370 e. The molecule has 6 amide bonds. The number of carbonyl (C=O) groups is 6. The van der Waals surface area contributed by atoms with Gasteiger partial charge in [-0.25, -0.2) is 0 Å². The Kier molecular flexibility index (Phi) is 16.3. The Morgan fingerprint density at radius 3 is 2.25 bits per heavy atom. The van der Waals surface area contributed by atoms with Crippen LogP contribution in [0.25, 0.3) is 0 Å². The number of aryl methyl sites for hydroxylation is 1. The van der Waals surface area contributed by atoms with Crippen molar-refractivity contribution in [3.05, 3.63) is 65.7 Å². The maximum absolute atomic E-state index is 14.5. The van der Waals surface area contributed by atoms with Crippen LogP contribution in [0, 0.1) is 5.92 Å². The number of benzene rings is 2. The van der Waals surface area contributed by atoms with Crippen LogP contribution in [0.4, 0.5) is 5.69 Å². The van der Waals surface area contributed by atoms with Gasteiger partial charge in [0.25, 0.3) is 0 Å². The number of amides is 6. The van der Waals surface area contributed by atoms with Gasteiger partial charge >= 0.3 is 0 Å². The van der Waals surface area contributed by atoms with Crippen molar-refractivity contribution in [2.75, 3.05) is 19.6 Å². The molecule has 0 bridgehead atoms. The largest absolute Gasteiger partial charge is 0.370 e. The summed E-state index contributed by atoms with van der Waals surface area (Å²) in [6, 6.07) is 12.3. The maximum atomic E-state index is 14.5. The maximum Gasteiger partial charge on any atom is 0.245 e. The minimum atomic E-state index is -1.09. The third kappa shape index (κ3) is 12.9. The fourth-order valence-corrected chi connectivity index (χ4v) is 8.99. The molecule has 2 saturated heterocycles. The Labute approximate surface area is 357 Å². The summed E-state index contributed by atoms with van der Waals surface area (Å²) in [5.41, 5.74) is 13.8. The number of rotatable bonds is 12. The molecule has 16 heteroatoms. The quantitative estimate of drug-likeness (QED) is 0.0949. The predicted molar refractivity (Wildman–Crippen MR) is 233 cm³/mol. The van der Waals surface area contributed by atoms with Crippen molar-refractivity contribution in [2.45, 2.75) is 132 Å². The molecule has 6 rings (SSSR count). The van der Waals surface area contributed by atoms with E-state index >= 15 is 0 Å². The molecule has 0 spiro atoms.